The second-order valence-corrected chi connectivity index (χ2v) is 5.88. The Morgan fingerprint density at radius 1 is 1.12 bits per heavy atom. The molecule has 2 aromatic heterocycles. The number of hydrogen-bond donors (Lipinski definition) is 3. The van der Waals surface area contributed by atoms with Crippen LogP contribution < -0.4 is 10.6 Å². The summed E-state index contributed by atoms with van der Waals surface area (Å²) >= 11 is 5.82. The first-order valence-corrected chi connectivity index (χ1v) is 8.15. The minimum absolute atomic E-state index is 0.275. The molecule has 6 nitrogen and oxygen atoms in total. The summed E-state index contributed by atoms with van der Waals surface area (Å²) in [5.41, 5.74) is 2.64. The smallest absolute Gasteiger partial charge is 0.162 e. The van der Waals surface area contributed by atoms with Gasteiger partial charge in [-0.25, -0.2) is 19.3 Å². The lowest BCUT2D eigenvalue weighted by Crippen LogP contribution is -2.10. The second kappa shape index (κ2) is 7.45. The SMILES string of the molecule is CNc1c(Nc2ccc(Cl)nc2)nc(-c2ccc(F)cc2)nc1C(C)=N. The third kappa shape index (κ3) is 3.78. The minimum Gasteiger partial charge on any atom is -0.383 e. The summed E-state index contributed by atoms with van der Waals surface area (Å²) in [4.78, 5) is 13.0. The summed E-state index contributed by atoms with van der Waals surface area (Å²) in [6.45, 7) is 1.64. The second-order valence-electron chi connectivity index (χ2n) is 5.50. The minimum atomic E-state index is -0.338. The molecule has 0 saturated carbocycles. The Morgan fingerprint density at radius 3 is 2.42 bits per heavy atom. The Hall–Kier alpha value is -3.06. The van der Waals surface area contributed by atoms with Crippen LogP contribution in [-0.2, 0) is 0 Å². The van der Waals surface area contributed by atoms with Crippen LogP contribution >= 0.6 is 11.6 Å². The zero-order valence-electron chi connectivity index (χ0n) is 14.1. The van der Waals surface area contributed by atoms with Crippen LogP contribution in [0.15, 0.2) is 42.6 Å². The third-order valence-electron chi connectivity index (χ3n) is 3.61. The zero-order valence-corrected chi connectivity index (χ0v) is 14.9. The molecule has 0 fully saturated rings. The normalized spacial score (nSPS) is 10.5. The maximum Gasteiger partial charge on any atom is 0.162 e. The number of halogens is 2. The molecule has 0 aliphatic rings. The van der Waals surface area contributed by atoms with Crippen molar-refractivity contribution in [3.8, 4) is 11.4 Å². The first kappa shape index (κ1) is 17.8. The van der Waals surface area contributed by atoms with Gasteiger partial charge in [-0.05, 0) is 43.3 Å². The molecule has 3 aromatic rings. The van der Waals surface area contributed by atoms with Gasteiger partial charge in [-0.2, -0.15) is 0 Å². The molecule has 0 saturated heterocycles. The highest BCUT2D eigenvalue weighted by Crippen LogP contribution is 2.29. The topological polar surface area (TPSA) is 86.6 Å². The Bertz CT molecular complexity index is 941. The molecular formula is C18H16ClFN6. The standard InChI is InChI=1S/C18H16ClFN6/c1-10(21)15-16(22-2)18(24-13-7-8-14(19)23-9-13)26-17(25-15)11-3-5-12(20)6-4-11/h3-9,21-22H,1-2H3,(H,24,25,26). The quantitative estimate of drug-likeness (QED) is 0.454. The van der Waals surface area contributed by atoms with Crippen molar-refractivity contribution in [3.05, 3.63) is 59.3 Å². The third-order valence-corrected chi connectivity index (χ3v) is 3.83. The van der Waals surface area contributed by atoms with Crippen LogP contribution in [0.4, 0.5) is 21.6 Å². The van der Waals surface area contributed by atoms with E-state index in [2.05, 4.69) is 25.6 Å². The van der Waals surface area contributed by atoms with Gasteiger partial charge < -0.3 is 16.0 Å². The average molecular weight is 371 g/mol. The average Bonchev–Trinajstić information content (AvgIpc) is 2.63. The van der Waals surface area contributed by atoms with Gasteiger partial charge in [0.1, 0.15) is 22.4 Å². The van der Waals surface area contributed by atoms with Gasteiger partial charge in [0.25, 0.3) is 0 Å². The number of anilines is 3. The van der Waals surface area contributed by atoms with E-state index in [0.29, 0.717) is 39.4 Å². The molecule has 3 N–H and O–H groups in total. The van der Waals surface area contributed by atoms with E-state index >= 15 is 0 Å². The predicted molar refractivity (Wildman–Crippen MR) is 102 cm³/mol. The van der Waals surface area contributed by atoms with Crippen molar-refractivity contribution in [2.75, 3.05) is 17.7 Å². The fourth-order valence-corrected chi connectivity index (χ4v) is 2.49. The maximum absolute atomic E-state index is 13.2. The number of nitrogens with one attached hydrogen (secondary N) is 3. The number of pyridine rings is 1. The largest absolute Gasteiger partial charge is 0.383 e. The molecule has 1 aromatic carbocycles. The number of nitrogens with zero attached hydrogens (tertiary/aromatic N) is 3. The van der Waals surface area contributed by atoms with Gasteiger partial charge in [0.15, 0.2) is 11.6 Å². The Kier molecular flexibility index (Phi) is 5.09. The Labute approximate surface area is 155 Å². The van der Waals surface area contributed by atoms with Gasteiger partial charge in [-0.1, -0.05) is 11.6 Å². The van der Waals surface area contributed by atoms with E-state index in [1.165, 1.54) is 12.1 Å². The van der Waals surface area contributed by atoms with Crippen LogP contribution in [0, 0.1) is 11.2 Å². The van der Waals surface area contributed by atoms with E-state index in [-0.39, 0.29) is 11.5 Å². The van der Waals surface area contributed by atoms with Crippen molar-refractivity contribution in [2.45, 2.75) is 6.92 Å². The summed E-state index contributed by atoms with van der Waals surface area (Å²) in [6.07, 6.45) is 1.58. The summed E-state index contributed by atoms with van der Waals surface area (Å²) in [7, 11) is 1.73. The summed E-state index contributed by atoms with van der Waals surface area (Å²) < 4.78 is 13.2. The van der Waals surface area contributed by atoms with Gasteiger partial charge in [0.2, 0.25) is 0 Å². The first-order chi connectivity index (χ1) is 12.5. The van der Waals surface area contributed by atoms with E-state index in [1.54, 1.807) is 44.4 Å². The molecule has 0 bridgehead atoms. The lowest BCUT2D eigenvalue weighted by Gasteiger charge is -2.16. The first-order valence-electron chi connectivity index (χ1n) is 7.77. The summed E-state index contributed by atoms with van der Waals surface area (Å²) in [5, 5.41) is 14.6. The van der Waals surface area contributed by atoms with Gasteiger partial charge in [-0.15, -0.1) is 0 Å². The van der Waals surface area contributed by atoms with Gasteiger partial charge in [-0.3, -0.25) is 0 Å². The van der Waals surface area contributed by atoms with E-state index in [9.17, 15) is 4.39 Å². The summed E-state index contributed by atoms with van der Waals surface area (Å²) in [6, 6.07) is 9.32. The molecule has 0 unspecified atom stereocenters. The zero-order chi connectivity index (χ0) is 18.7. The molecular weight excluding hydrogens is 355 g/mol. The number of rotatable bonds is 5. The van der Waals surface area contributed by atoms with E-state index < -0.39 is 0 Å². The number of benzene rings is 1. The Balaban J connectivity index is 2.12. The molecule has 0 amide bonds. The molecule has 0 spiro atoms. The van der Waals surface area contributed by atoms with Crippen LogP contribution in [0.2, 0.25) is 5.15 Å². The van der Waals surface area contributed by atoms with Crippen LogP contribution in [-0.4, -0.2) is 27.7 Å². The predicted octanol–water partition coefficient (Wildman–Crippen LogP) is 4.50. The molecule has 26 heavy (non-hydrogen) atoms. The maximum atomic E-state index is 13.2. The van der Waals surface area contributed by atoms with Crippen LogP contribution in [0.25, 0.3) is 11.4 Å². The molecule has 3 rings (SSSR count). The van der Waals surface area contributed by atoms with Crippen molar-refractivity contribution in [1.82, 2.24) is 15.0 Å². The fraction of sp³-hybridized carbons (Fsp3) is 0.111. The number of aromatic nitrogens is 3. The number of hydrogen-bond acceptors (Lipinski definition) is 6. The lowest BCUT2D eigenvalue weighted by molar-refractivity contribution is 0.628. The van der Waals surface area contributed by atoms with Gasteiger partial charge in [0.05, 0.1) is 17.6 Å². The van der Waals surface area contributed by atoms with Crippen LogP contribution in [0.3, 0.4) is 0 Å². The molecule has 0 radical (unpaired) electrons. The monoisotopic (exact) mass is 370 g/mol. The Morgan fingerprint density at radius 2 is 1.85 bits per heavy atom. The van der Waals surface area contributed by atoms with E-state index in [4.69, 9.17) is 17.0 Å². The highest BCUT2D eigenvalue weighted by molar-refractivity contribution is 6.29. The lowest BCUT2D eigenvalue weighted by atomic mass is 10.1. The molecule has 0 aliphatic heterocycles. The highest BCUT2D eigenvalue weighted by Gasteiger charge is 2.16. The highest BCUT2D eigenvalue weighted by atomic mass is 35.5. The molecule has 8 heteroatoms. The molecule has 0 aliphatic carbocycles. The molecule has 0 atom stereocenters. The van der Waals surface area contributed by atoms with Gasteiger partial charge in [0, 0.05) is 12.6 Å². The van der Waals surface area contributed by atoms with Crippen molar-refractivity contribution in [2.24, 2.45) is 0 Å². The summed E-state index contributed by atoms with van der Waals surface area (Å²) in [5.74, 6) is 0.525. The fourth-order valence-electron chi connectivity index (χ4n) is 2.37. The van der Waals surface area contributed by atoms with Gasteiger partial charge >= 0.3 is 0 Å². The van der Waals surface area contributed by atoms with Crippen molar-refractivity contribution >= 4 is 34.5 Å². The van der Waals surface area contributed by atoms with Crippen LogP contribution in [0.1, 0.15) is 12.6 Å². The van der Waals surface area contributed by atoms with E-state index in [1.807, 2.05) is 0 Å². The molecule has 2 heterocycles. The van der Waals surface area contributed by atoms with Crippen LogP contribution in [0.5, 0.6) is 0 Å². The van der Waals surface area contributed by atoms with Crippen molar-refractivity contribution < 1.29 is 4.39 Å². The molecule has 132 valence electrons. The van der Waals surface area contributed by atoms with Crippen molar-refractivity contribution in [1.29, 1.82) is 5.41 Å². The van der Waals surface area contributed by atoms with E-state index in [0.717, 1.165) is 0 Å². The van der Waals surface area contributed by atoms with Crippen molar-refractivity contribution in [3.63, 3.8) is 0 Å².